The first-order valence-electron chi connectivity index (χ1n) is 5.06. The minimum absolute atomic E-state index is 0.0475. The predicted octanol–water partition coefficient (Wildman–Crippen LogP) is 2.32. The molecule has 0 atom stereocenters. The third kappa shape index (κ3) is 3.24. The van der Waals surface area contributed by atoms with Crippen LogP contribution in [0.1, 0.15) is 29.8 Å². The van der Waals surface area contributed by atoms with Crippen molar-refractivity contribution in [2.75, 3.05) is 7.11 Å². The second-order valence-corrected chi connectivity index (χ2v) is 3.73. The fourth-order valence-electron chi connectivity index (χ4n) is 1.35. The van der Waals surface area contributed by atoms with Gasteiger partial charge in [-0.2, -0.15) is 0 Å². The molecular weight excluding hydrogens is 208 g/mol. The summed E-state index contributed by atoms with van der Waals surface area (Å²) < 4.78 is 10.6. The number of ether oxygens (including phenoxy) is 2. The fraction of sp³-hybridized carbons (Fsp3) is 0.417. The van der Waals surface area contributed by atoms with Gasteiger partial charge in [0.2, 0.25) is 0 Å². The topological polar surface area (TPSA) is 55.8 Å². The number of rotatable bonds is 5. The van der Waals surface area contributed by atoms with Crippen LogP contribution in [0.5, 0.6) is 5.75 Å². The molecule has 0 spiro atoms. The Hall–Kier alpha value is -1.55. The van der Waals surface area contributed by atoms with E-state index in [1.807, 2.05) is 13.8 Å². The molecule has 0 aliphatic carbocycles. The zero-order valence-electron chi connectivity index (χ0n) is 9.69. The van der Waals surface area contributed by atoms with Gasteiger partial charge in [-0.05, 0) is 32.0 Å². The van der Waals surface area contributed by atoms with Gasteiger partial charge in [-0.15, -0.1) is 0 Å². The van der Waals surface area contributed by atoms with Crippen molar-refractivity contribution in [3.8, 4) is 5.75 Å². The summed E-state index contributed by atoms with van der Waals surface area (Å²) in [7, 11) is 1.56. The fourth-order valence-corrected chi connectivity index (χ4v) is 1.35. The van der Waals surface area contributed by atoms with Gasteiger partial charge in [-0.3, -0.25) is 0 Å². The molecule has 0 aromatic heterocycles. The van der Waals surface area contributed by atoms with Crippen LogP contribution in [-0.2, 0) is 11.3 Å². The first kappa shape index (κ1) is 12.5. The van der Waals surface area contributed by atoms with E-state index in [9.17, 15) is 4.79 Å². The maximum absolute atomic E-state index is 10.8. The predicted molar refractivity (Wildman–Crippen MR) is 59.9 cm³/mol. The molecule has 0 saturated carbocycles. The Morgan fingerprint density at radius 3 is 2.62 bits per heavy atom. The van der Waals surface area contributed by atoms with E-state index in [0.29, 0.717) is 12.4 Å². The van der Waals surface area contributed by atoms with Gasteiger partial charge in [0.1, 0.15) is 5.75 Å². The van der Waals surface area contributed by atoms with Crippen LogP contribution in [0.4, 0.5) is 0 Å². The summed E-state index contributed by atoms with van der Waals surface area (Å²) in [5.74, 6) is -0.282. The number of hydrogen-bond acceptors (Lipinski definition) is 3. The highest BCUT2D eigenvalue weighted by Crippen LogP contribution is 2.22. The molecular formula is C12H16O4. The standard InChI is InChI=1S/C12H16O4/c1-8(2)16-11-5-4-9(12(13)14)6-10(11)7-15-3/h4-6,8H,7H2,1-3H3,(H,13,14). The second kappa shape index (κ2) is 5.51. The van der Waals surface area contributed by atoms with Crippen LogP contribution in [-0.4, -0.2) is 24.3 Å². The lowest BCUT2D eigenvalue weighted by atomic mass is 10.1. The molecule has 1 aromatic rings. The van der Waals surface area contributed by atoms with E-state index in [1.54, 1.807) is 19.2 Å². The van der Waals surface area contributed by atoms with E-state index in [2.05, 4.69) is 0 Å². The van der Waals surface area contributed by atoms with Crippen molar-refractivity contribution in [2.45, 2.75) is 26.6 Å². The Kier molecular flexibility index (Phi) is 4.31. The first-order valence-corrected chi connectivity index (χ1v) is 5.06. The van der Waals surface area contributed by atoms with Crippen molar-refractivity contribution in [1.82, 2.24) is 0 Å². The summed E-state index contributed by atoms with van der Waals surface area (Å²) in [6.45, 7) is 4.17. The smallest absolute Gasteiger partial charge is 0.335 e. The molecule has 0 amide bonds. The second-order valence-electron chi connectivity index (χ2n) is 3.73. The third-order valence-corrected chi connectivity index (χ3v) is 1.97. The zero-order chi connectivity index (χ0) is 12.1. The highest BCUT2D eigenvalue weighted by atomic mass is 16.5. The van der Waals surface area contributed by atoms with Crippen LogP contribution < -0.4 is 4.74 Å². The Bertz CT molecular complexity index is 371. The Balaban J connectivity index is 3.03. The van der Waals surface area contributed by atoms with E-state index < -0.39 is 5.97 Å². The molecule has 88 valence electrons. The highest BCUT2D eigenvalue weighted by molar-refractivity contribution is 5.88. The molecule has 0 heterocycles. The average molecular weight is 224 g/mol. The molecule has 0 aliphatic rings. The number of aromatic carboxylic acids is 1. The quantitative estimate of drug-likeness (QED) is 0.833. The van der Waals surface area contributed by atoms with E-state index in [0.717, 1.165) is 5.56 Å². The Morgan fingerprint density at radius 2 is 2.12 bits per heavy atom. The van der Waals surface area contributed by atoms with Gasteiger partial charge >= 0.3 is 5.97 Å². The Labute approximate surface area is 94.8 Å². The number of carboxylic acid groups (broad SMARTS) is 1. The molecule has 1 aromatic carbocycles. The molecule has 0 unspecified atom stereocenters. The minimum atomic E-state index is -0.951. The number of carboxylic acids is 1. The minimum Gasteiger partial charge on any atom is -0.491 e. The lowest BCUT2D eigenvalue weighted by Crippen LogP contribution is -2.09. The maximum atomic E-state index is 10.8. The summed E-state index contributed by atoms with van der Waals surface area (Å²) >= 11 is 0. The van der Waals surface area contributed by atoms with Crippen molar-refractivity contribution >= 4 is 5.97 Å². The van der Waals surface area contributed by atoms with Crippen LogP contribution in [0, 0.1) is 0 Å². The van der Waals surface area contributed by atoms with Crippen molar-refractivity contribution in [3.05, 3.63) is 29.3 Å². The van der Waals surface area contributed by atoms with Gasteiger partial charge in [-0.1, -0.05) is 0 Å². The molecule has 0 saturated heterocycles. The van der Waals surface area contributed by atoms with Gasteiger partial charge in [0.25, 0.3) is 0 Å². The largest absolute Gasteiger partial charge is 0.491 e. The number of carbonyl (C=O) groups is 1. The normalized spacial score (nSPS) is 10.5. The maximum Gasteiger partial charge on any atom is 0.335 e. The van der Waals surface area contributed by atoms with Crippen molar-refractivity contribution in [2.24, 2.45) is 0 Å². The summed E-state index contributed by atoms with van der Waals surface area (Å²) in [5, 5.41) is 8.87. The van der Waals surface area contributed by atoms with Crippen LogP contribution in [0.25, 0.3) is 0 Å². The third-order valence-electron chi connectivity index (χ3n) is 1.97. The van der Waals surface area contributed by atoms with Gasteiger partial charge in [-0.25, -0.2) is 4.79 Å². The number of benzene rings is 1. The lowest BCUT2D eigenvalue weighted by molar-refractivity contribution is 0.0696. The molecule has 1 rings (SSSR count). The van der Waals surface area contributed by atoms with Crippen molar-refractivity contribution in [3.63, 3.8) is 0 Å². The van der Waals surface area contributed by atoms with Gasteiger partial charge in [0, 0.05) is 12.7 Å². The molecule has 1 N–H and O–H groups in total. The first-order chi connectivity index (χ1) is 7.54. The highest BCUT2D eigenvalue weighted by Gasteiger charge is 2.10. The molecule has 4 heteroatoms. The van der Waals surface area contributed by atoms with Gasteiger partial charge in [0.15, 0.2) is 0 Å². The Morgan fingerprint density at radius 1 is 1.44 bits per heavy atom. The molecule has 4 nitrogen and oxygen atoms in total. The zero-order valence-corrected chi connectivity index (χ0v) is 9.69. The summed E-state index contributed by atoms with van der Waals surface area (Å²) in [6, 6.07) is 4.76. The molecule has 0 radical (unpaired) electrons. The van der Waals surface area contributed by atoms with Crippen LogP contribution in [0.3, 0.4) is 0 Å². The van der Waals surface area contributed by atoms with Crippen LogP contribution in [0.15, 0.2) is 18.2 Å². The summed E-state index contributed by atoms with van der Waals surface area (Å²) in [5.41, 5.74) is 0.985. The number of hydrogen-bond donors (Lipinski definition) is 1. The molecule has 16 heavy (non-hydrogen) atoms. The van der Waals surface area contributed by atoms with Gasteiger partial charge in [0.05, 0.1) is 18.3 Å². The van der Waals surface area contributed by atoms with E-state index in [1.165, 1.54) is 6.07 Å². The lowest BCUT2D eigenvalue weighted by Gasteiger charge is -2.14. The van der Waals surface area contributed by atoms with E-state index in [-0.39, 0.29) is 11.7 Å². The molecule has 0 aliphatic heterocycles. The molecule has 0 fully saturated rings. The van der Waals surface area contributed by atoms with Crippen LogP contribution >= 0.6 is 0 Å². The van der Waals surface area contributed by atoms with E-state index >= 15 is 0 Å². The SMILES string of the molecule is COCc1cc(C(=O)O)ccc1OC(C)C. The molecule has 0 bridgehead atoms. The number of methoxy groups -OCH3 is 1. The summed E-state index contributed by atoms with van der Waals surface area (Å²) in [4.78, 5) is 10.8. The van der Waals surface area contributed by atoms with Crippen molar-refractivity contribution < 1.29 is 19.4 Å². The van der Waals surface area contributed by atoms with Crippen molar-refractivity contribution in [1.29, 1.82) is 0 Å². The monoisotopic (exact) mass is 224 g/mol. The van der Waals surface area contributed by atoms with E-state index in [4.69, 9.17) is 14.6 Å². The summed E-state index contributed by atoms with van der Waals surface area (Å²) in [6.07, 6.45) is 0.0475. The van der Waals surface area contributed by atoms with Gasteiger partial charge < -0.3 is 14.6 Å². The average Bonchev–Trinajstić information content (AvgIpc) is 2.20. The van der Waals surface area contributed by atoms with Crippen LogP contribution in [0.2, 0.25) is 0 Å².